The summed E-state index contributed by atoms with van der Waals surface area (Å²) in [5.74, 6) is 2.73. The molecule has 4 aliphatic carbocycles. The number of amides is 2. The number of anilines is 1. The van der Waals surface area contributed by atoms with Gasteiger partial charge in [-0.25, -0.2) is 9.78 Å². The van der Waals surface area contributed by atoms with E-state index in [1.807, 2.05) is 0 Å². The molecule has 0 atom stereocenters. The average Bonchev–Trinajstić information content (AvgIpc) is 3.01. The largest absolute Gasteiger partial charge is 0.450 e. The fourth-order valence-electron chi connectivity index (χ4n) is 6.38. The lowest BCUT2D eigenvalue weighted by molar-refractivity contribution is -0.158. The first kappa shape index (κ1) is 17.5. The molecule has 0 radical (unpaired) electrons. The van der Waals surface area contributed by atoms with E-state index in [0.29, 0.717) is 24.2 Å². The maximum Gasteiger partial charge on any atom is 0.413 e. The number of ether oxygens (including phenoxy) is 1. The van der Waals surface area contributed by atoms with Crippen molar-refractivity contribution in [2.45, 2.75) is 58.4 Å². The second-order valence-corrected chi connectivity index (χ2v) is 9.99. The maximum atomic E-state index is 13.6. The van der Waals surface area contributed by atoms with Crippen LogP contribution in [0.3, 0.4) is 0 Å². The highest BCUT2D eigenvalue weighted by atomic mass is 32.1. The molecule has 0 spiro atoms. The first-order valence-corrected chi connectivity index (χ1v) is 11.1. The summed E-state index contributed by atoms with van der Waals surface area (Å²) in [6.07, 6.45) is 7.70. The van der Waals surface area contributed by atoms with Gasteiger partial charge >= 0.3 is 6.09 Å². The first-order valence-electron chi connectivity index (χ1n) is 10.3. The molecule has 0 unspecified atom stereocenters. The van der Waals surface area contributed by atoms with Gasteiger partial charge in [-0.1, -0.05) is 11.3 Å². The van der Waals surface area contributed by atoms with Crippen LogP contribution < -0.4 is 5.32 Å². The van der Waals surface area contributed by atoms with Gasteiger partial charge in [-0.3, -0.25) is 10.1 Å². The van der Waals surface area contributed by atoms with E-state index in [1.165, 1.54) is 30.6 Å². The van der Waals surface area contributed by atoms with Crippen LogP contribution in [0.15, 0.2) is 0 Å². The Morgan fingerprint density at radius 3 is 2.52 bits per heavy atom. The summed E-state index contributed by atoms with van der Waals surface area (Å²) in [7, 11) is 0. The van der Waals surface area contributed by atoms with Gasteiger partial charge in [-0.15, -0.1) is 0 Å². The Morgan fingerprint density at radius 1 is 1.22 bits per heavy atom. The molecule has 1 aromatic rings. The lowest BCUT2D eigenvalue weighted by Gasteiger charge is -2.56. The number of carbonyl (C=O) groups excluding carboxylic acids is 2. The Kier molecular flexibility index (Phi) is 4.18. The second kappa shape index (κ2) is 6.47. The predicted molar refractivity (Wildman–Crippen MR) is 102 cm³/mol. The highest BCUT2D eigenvalue weighted by molar-refractivity contribution is 7.15. The van der Waals surface area contributed by atoms with Crippen molar-refractivity contribution in [1.29, 1.82) is 0 Å². The topological polar surface area (TPSA) is 71.5 Å². The molecular formula is C20H27N3O3S. The van der Waals surface area contributed by atoms with Gasteiger partial charge in [0.25, 0.3) is 0 Å². The molecule has 1 N–H and O–H groups in total. The first-order chi connectivity index (χ1) is 13.0. The molecule has 1 aliphatic heterocycles. The molecule has 146 valence electrons. The van der Waals surface area contributed by atoms with Crippen LogP contribution >= 0.6 is 11.3 Å². The molecule has 27 heavy (non-hydrogen) atoms. The van der Waals surface area contributed by atoms with E-state index in [1.54, 1.807) is 6.92 Å². The van der Waals surface area contributed by atoms with Crippen LogP contribution in [0.25, 0.3) is 0 Å². The summed E-state index contributed by atoms with van der Waals surface area (Å²) in [6, 6.07) is 0. The van der Waals surface area contributed by atoms with Gasteiger partial charge < -0.3 is 9.64 Å². The number of aromatic nitrogens is 1. The zero-order chi connectivity index (χ0) is 18.6. The highest BCUT2D eigenvalue weighted by Crippen LogP contribution is 2.60. The molecule has 0 saturated heterocycles. The van der Waals surface area contributed by atoms with E-state index in [0.717, 1.165) is 60.6 Å². The molecule has 5 aliphatic rings. The van der Waals surface area contributed by atoms with Gasteiger partial charge in [-0.05, 0) is 63.2 Å². The van der Waals surface area contributed by atoms with Gasteiger partial charge in [0.1, 0.15) is 0 Å². The van der Waals surface area contributed by atoms with E-state index in [9.17, 15) is 9.59 Å². The van der Waals surface area contributed by atoms with Gasteiger partial charge in [0, 0.05) is 17.8 Å². The van der Waals surface area contributed by atoms with Crippen molar-refractivity contribution in [3.05, 3.63) is 10.6 Å². The van der Waals surface area contributed by atoms with Gasteiger partial charge in [0.2, 0.25) is 5.91 Å². The quantitative estimate of drug-likeness (QED) is 0.853. The third-order valence-electron chi connectivity index (χ3n) is 6.99. The maximum absolute atomic E-state index is 13.6. The monoisotopic (exact) mass is 389 g/mol. The molecule has 4 bridgehead atoms. The summed E-state index contributed by atoms with van der Waals surface area (Å²) in [6.45, 7) is 3.50. The molecular weight excluding hydrogens is 362 g/mol. The Morgan fingerprint density at radius 2 is 1.89 bits per heavy atom. The lowest BCUT2D eigenvalue weighted by atomic mass is 9.49. The minimum absolute atomic E-state index is 0.0804. The molecule has 2 amide bonds. The van der Waals surface area contributed by atoms with Gasteiger partial charge in [0.05, 0.1) is 24.3 Å². The molecule has 7 heteroatoms. The number of thiazole rings is 1. The molecule has 4 saturated carbocycles. The zero-order valence-electron chi connectivity index (χ0n) is 15.8. The molecule has 6 nitrogen and oxygen atoms in total. The SMILES string of the molecule is CCOC(=O)Nc1nc2c(s1)CN(C(=O)C13CC4CC(CC(C4)C1)C3)CC2. The Balaban J connectivity index is 1.30. The number of fused-ring (bicyclic) bond motifs is 1. The molecule has 0 aromatic carbocycles. The van der Waals surface area contributed by atoms with Gasteiger partial charge in [0.15, 0.2) is 5.13 Å². The zero-order valence-corrected chi connectivity index (χ0v) is 16.6. The number of carbonyl (C=O) groups is 2. The molecule has 4 fully saturated rings. The van der Waals surface area contributed by atoms with Gasteiger partial charge in [-0.2, -0.15) is 0 Å². The normalized spacial score (nSPS) is 33.7. The van der Waals surface area contributed by atoms with E-state index in [4.69, 9.17) is 4.74 Å². The van der Waals surface area contributed by atoms with Crippen LogP contribution in [0, 0.1) is 23.2 Å². The summed E-state index contributed by atoms with van der Waals surface area (Å²) in [5.41, 5.74) is 0.935. The number of nitrogens with zero attached hydrogens (tertiary/aromatic N) is 2. The summed E-state index contributed by atoms with van der Waals surface area (Å²) in [4.78, 5) is 32.9. The fourth-order valence-corrected chi connectivity index (χ4v) is 7.39. The predicted octanol–water partition coefficient (Wildman–Crippen LogP) is 3.81. The van der Waals surface area contributed by atoms with E-state index < -0.39 is 6.09 Å². The van der Waals surface area contributed by atoms with Crippen molar-refractivity contribution in [2.75, 3.05) is 18.5 Å². The third kappa shape index (κ3) is 3.04. The van der Waals surface area contributed by atoms with Crippen molar-refractivity contribution < 1.29 is 14.3 Å². The van der Waals surface area contributed by atoms with Crippen LogP contribution in [0.4, 0.5) is 9.93 Å². The molecule has 6 rings (SSSR count). The standard InChI is InChI=1S/C20H27N3O3S/c1-2-26-19(25)22-18-21-15-3-4-23(11-16(15)27-18)17(24)20-8-12-5-13(9-20)7-14(6-12)10-20/h12-14H,2-11H2,1H3,(H,21,22,25). The number of nitrogens with one attached hydrogen (secondary N) is 1. The Labute approximate surface area is 163 Å². The summed E-state index contributed by atoms with van der Waals surface area (Å²) >= 11 is 1.47. The Bertz CT molecular complexity index is 739. The summed E-state index contributed by atoms with van der Waals surface area (Å²) in [5, 5.41) is 3.27. The van der Waals surface area contributed by atoms with Crippen molar-refractivity contribution in [3.8, 4) is 0 Å². The fraction of sp³-hybridized carbons (Fsp3) is 0.750. The van der Waals surface area contributed by atoms with Crippen molar-refractivity contribution >= 4 is 28.5 Å². The number of hydrogen-bond acceptors (Lipinski definition) is 5. The Hall–Kier alpha value is -1.63. The van der Waals surface area contributed by atoms with Crippen LogP contribution in [0.2, 0.25) is 0 Å². The van der Waals surface area contributed by atoms with Crippen LogP contribution in [-0.4, -0.2) is 35.0 Å². The van der Waals surface area contributed by atoms with E-state index >= 15 is 0 Å². The lowest BCUT2D eigenvalue weighted by Crippen LogP contribution is -2.55. The van der Waals surface area contributed by atoms with Crippen LogP contribution in [0.1, 0.15) is 56.0 Å². The second-order valence-electron chi connectivity index (χ2n) is 8.91. The van der Waals surface area contributed by atoms with Crippen LogP contribution in [0.5, 0.6) is 0 Å². The van der Waals surface area contributed by atoms with Crippen LogP contribution in [-0.2, 0) is 22.5 Å². The van der Waals surface area contributed by atoms with Crippen molar-refractivity contribution in [2.24, 2.45) is 23.2 Å². The summed E-state index contributed by atoms with van der Waals surface area (Å²) < 4.78 is 4.93. The molecule has 1 aromatic heterocycles. The highest BCUT2D eigenvalue weighted by Gasteiger charge is 2.55. The third-order valence-corrected chi connectivity index (χ3v) is 7.99. The van der Waals surface area contributed by atoms with Crippen molar-refractivity contribution in [1.82, 2.24) is 9.88 Å². The number of hydrogen-bond donors (Lipinski definition) is 1. The van der Waals surface area contributed by atoms with Crippen molar-refractivity contribution in [3.63, 3.8) is 0 Å². The van der Waals surface area contributed by atoms with E-state index in [2.05, 4.69) is 15.2 Å². The molecule has 2 heterocycles. The minimum Gasteiger partial charge on any atom is -0.450 e. The average molecular weight is 390 g/mol. The minimum atomic E-state index is -0.468. The van der Waals surface area contributed by atoms with E-state index in [-0.39, 0.29) is 5.41 Å². The number of rotatable bonds is 3. The smallest absolute Gasteiger partial charge is 0.413 e.